The van der Waals surface area contributed by atoms with Gasteiger partial charge in [0.15, 0.2) is 0 Å². The summed E-state index contributed by atoms with van der Waals surface area (Å²) in [5.41, 5.74) is 1.83. The van der Waals surface area contributed by atoms with Crippen molar-refractivity contribution in [2.24, 2.45) is 0 Å². The summed E-state index contributed by atoms with van der Waals surface area (Å²) in [6, 6.07) is 4.67. The lowest BCUT2D eigenvalue weighted by molar-refractivity contribution is -0.159. The molecular formula is C19H19Cl2N3O3. The molecule has 27 heavy (non-hydrogen) atoms. The van der Waals surface area contributed by atoms with Gasteiger partial charge in [-0.1, -0.05) is 23.7 Å². The van der Waals surface area contributed by atoms with Crippen molar-refractivity contribution in [3.8, 4) is 11.3 Å². The van der Waals surface area contributed by atoms with E-state index in [1.807, 2.05) is 12.1 Å². The summed E-state index contributed by atoms with van der Waals surface area (Å²) in [6.07, 6.45) is 1.41. The minimum Gasteiger partial charge on any atom is -0.458 e. The largest absolute Gasteiger partial charge is 0.458 e. The van der Waals surface area contributed by atoms with Crippen LogP contribution in [0.25, 0.3) is 11.3 Å². The van der Waals surface area contributed by atoms with Crippen molar-refractivity contribution in [2.75, 3.05) is 0 Å². The first-order valence-electron chi connectivity index (χ1n) is 8.42. The number of esters is 1. The minimum absolute atomic E-state index is 0.0707. The molecule has 0 aliphatic carbocycles. The van der Waals surface area contributed by atoms with Crippen molar-refractivity contribution < 1.29 is 14.3 Å². The molecule has 8 heteroatoms. The third-order valence-corrected chi connectivity index (χ3v) is 4.60. The van der Waals surface area contributed by atoms with Crippen LogP contribution in [0.5, 0.6) is 0 Å². The quantitative estimate of drug-likeness (QED) is 0.564. The number of hydrogen-bond donors (Lipinski definition) is 0. The van der Waals surface area contributed by atoms with Crippen LogP contribution in [-0.4, -0.2) is 38.4 Å². The summed E-state index contributed by atoms with van der Waals surface area (Å²) < 4.78 is 5.40. The number of benzene rings is 1. The molecule has 1 aliphatic rings. The molecule has 0 radical (unpaired) electrons. The number of fused-ring (bicyclic) bond motifs is 1. The van der Waals surface area contributed by atoms with E-state index in [0.717, 1.165) is 5.56 Å². The van der Waals surface area contributed by atoms with Gasteiger partial charge in [0, 0.05) is 17.7 Å². The van der Waals surface area contributed by atoms with Gasteiger partial charge in [-0.2, -0.15) is 0 Å². The second-order valence-corrected chi connectivity index (χ2v) is 8.10. The van der Waals surface area contributed by atoms with Crippen LogP contribution < -0.4 is 0 Å². The highest BCUT2D eigenvalue weighted by molar-refractivity contribution is 6.33. The summed E-state index contributed by atoms with van der Waals surface area (Å²) in [4.78, 5) is 34.7. The van der Waals surface area contributed by atoms with E-state index < -0.39 is 17.6 Å². The highest BCUT2D eigenvalue weighted by Gasteiger charge is 2.36. The number of carbonyl (C=O) groups excluding carboxylic acids is 2. The maximum Gasteiger partial charge on any atom is 0.329 e. The molecule has 1 unspecified atom stereocenters. The minimum atomic E-state index is -0.690. The highest BCUT2D eigenvalue weighted by Crippen LogP contribution is 2.32. The monoisotopic (exact) mass is 407 g/mol. The molecule has 0 spiro atoms. The smallest absolute Gasteiger partial charge is 0.329 e. The van der Waals surface area contributed by atoms with Crippen molar-refractivity contribution >= 4 is 35.1 Å². The average Bonchev–Trinajstić information content (AvgIpc) is 2.91. The van der Waals surface area contributed by atoms with Crippen LogP contribution in [0, 0.1) is 0 Å². The number of rotatable bonds is 3. The van der Waals surface area contributed by atoms with Gasteiger partial charge >= 0.3 is 5.97 Å². The van der Waals surface area contributed by atoms with Crippen LogP contribution in [-0.2, 0) is 16.1 Å². The number of hydrogen-bond acceptors (Lipinski definition) is 5. The standard InChI is InChI=1S/C19H19Cl2N3O3/c1-10(17(26)27-19(2,3)4)24-9-12-6-5-11(7-13(12)16(24)25)15-14(20)8-22-18(21)23-15/h5-8,10H,9H2,1-4H3. The highest BCUT2D eigenvalue weighted by atomic mass is 35.5. The van der Waals surface area contributed by atoms with E-state index in [9.17, 15) is 9.59 Å². The number of carbonyl (C=O) groups is 2. The summed E-state index contributed by atoms with van der Waals surface area (Å²) in [5, 5.41) is 0.408. The lowest BCUT2D eigenvalue weighted by Crippen LogP contribution is -2.42. The lowest BCUT2D eigenvalue weighted by atomic mass is 10.0. The van der Waals surface area contributed by atoms with Crippen molar-refractivity contribution in [3.05, 3.63) is 45.8 Å². The Hall–Kier alpha value is -2.18. The van der Waals surface area contributed by atoms with Gasteiger partial charge in [-0.25, -0.2) is 14.8 Å². The zero-order chi connectivity index (χ0) is 19.9. The van der Waals surface area contributed by atoms with Gasteiger partial charge in [0.1, 0.15) is 11.6 Å². The van der Waals surface area contributed by atoms with Gasteiger partial charge < -0.3 is 9.64 Å². The Morgan fingerprint density at radius 3 is 2.67 bits per heavy atom. The Morgan fingerprint density at radius 2 is 2.00 bits per heavy atom. The molecule has 0 saturated carbocycles. The fourth-order valence-corrected chi connectivity index (χ4v) is 3.18. The first kappa shape index (κ1) is 19.6. The van der Waals surface area contributed by atoms with Gasteiger partial charge in [-0.15, -0.1) is 0 Å². The van der Waals surface area contributed by atoms with Crippen LogP contribution >= 0.6 is 23.2 Å². The average molecular weight is 408 g/mol. The Kier molecular flexibility index (Phi) is 5.14. The Labute approximate surface area is 167 Å². The van der Waals surface area contributed by atoms with Gasteiger partial charge in [0.05, 0.1) is 16.9 Å². The van der Waals surface area contributed by atoms with Crippen molar-refractivity contribution in [2.45, 2.75) is 45.9 Å². The van der Waals surface area contributed by atoms with Gasteiger partial charge in [0.25, 0.3) is 5.91 Å². The molecule has 0 saturated heterocycles. The van der Waals surface area contributed by atoms with E-state index in [4.69, 9.17) is 27.9 Å². The molecule has 3 rings (SSSR count). The summed E-state index contributed by atoms with van der Waals surface area (Å²) in [5.74, 6) is -0.670. The van der Waals surface area contributed by atoms with Crippen molar-refractivity contribution in [1.29, 1.82) is 0 Å². The summed E-state index contributed by atoms with van der Waals surface area (Å²) in [7, 11) is 0. The molecule has 1 atom stereocenters. The Morgan fingerprint density at radius 1 is 1.30 bits per heavy atom. The molecule has 1 aromatic carbocycles. The van der Waals surface area contributed by atoms with Crippen molar-refractivity contribution in [1.82, 2.24) is 14.9 Å². The van der Waals surface area contributed by atoms with Crippen LogP contribution in [0.2, 0.25) is 10.3 Å². The van der Waals surface area contributed by atoms with Crippen LogP contribution in [0.1, 0.15) is 43.6 Å². The van der Waals surface area contributed by atoms with Crippen LogP contribution in [0.3, 0.4) is 0 Å². The molecule has 2 aromatic rings. The second kappa shape index (κ2) is 7.09. The van der Waals surface area contributed by atoms with Gasteiger partial charge in [-0.3, -0.25) is 4.79 Å². The zero-order valence-electron chi connectivity index (χ0n) is 15.4. The van der Waals surface area contributed by atoms with Crippen LogP contribution in [0.4, 0.5) is 0 Å². The Bertz CT molecular complexity index is 925. The van der Waals surface area contributed by atoms with Crippen LogP contribution in [0.15, 0.2) is 24.4 Å². The Balaban J connectivity index is 1.88. The van der Waals surface area contributed by atoms with Gasteiger partial charge in [-0.05, 0) is 50.9 Å². The molecule has 1 aromatic heterocycles. The topological polar surface area (TPSA) is 72.4 Å². The molecule has 2 heterocycles. The van der Waals surface area contributed by atoms with E-state index >= 15 is 0 Å². The summed E-state index contributed by atoms with van der Waals surface area (Å²) >= 11 is 12.0. The maximum absolute atomic E-state index is 12.9. The maximum atomic E-state index is 12.9. The first-order valence-corrected chi connectivity index (χ1v) is 9.17. The number of aromatic nitrogens is 2. The SMILES string of the molecule is CC(C(=O)OC(C)(C)C)N1Cc2ccc(-c3nc(Cl)ncc3Cl)cc2C1=O. The molecule has 0 bridgehead atoms. The molecule has 6 nitrogen and oxygen atoms in total. The number of halogens is 2. The van der Waals surface area contributed by atoms with E-state index in [-0.39, 0.29) is 11.2 Å². The van der Waals surface area contributed by atoms with E-state index in [2.05, 4.69) is 9.97 Å². The molecule has 0 fully saturated rings. The normalized spacial score (nSPS) is 14.9. The number of ether oxygens (including phenoxy) is 1. The van der Waals surface area contributed by atoms with Gasteiger partial charge in [0.2, 0.25) is 5.28 Å². The van der Waals surface area contributed by atoms with E-state index in [1.165, 1.54) is 11.1 Å². The third kappa shape index (κ3) is 4.06. The fourth-order valence-electron chi connectivity index (χ4n) is 2.85. The predicted octanol–water partition coefficient (Wildman–Crippen LogP) is 4.14. The number of nitrogens with zero attached hydrogens (tertiary/aromatic N) is 3. The van der Waals surface area contributed by atoms with E-state index in [1.54, 1.807) is 33.8 Å². The first-order chi connectivity index (χ1) is 12.6. The molecular weight excluding hydrogens is 389 g/mol. The molecule has 1 amide bonds. The number of amides is 1. The lowest BCUT2D eigenvalue weighted by Gasteiger charge is -2.27. The van der Waals surface area contributed by atoms with Crippen molar-refractivity contribution in [3.63, 3.8) is 0 Å². The summed E-state index contributed by atoms with van der Waals surface area (Å²) in [6.45, 7) is 7.38. The fraction of sp³-hybridized carbons (Fsp3) is 0.368. The zero-order valence-corrected chi connectivity index (χ0v) is 16.9. The second-order valence-electron chi connectivity index (χ2n) is 7.35. The molecule has 1 aliphatic heterocycles. The predicted molar refractivity (Wildman–Crippen MR) is 103 cm³/mol. The molecule has 142 valence electrons. The van der Waals surface area contributed by atoms with E-state index in [0.29, 0.717) is 28.4 Å². The third-order valence-electron chi connectivity index (χ3n) is 4.15. The molecule has 0 N–H and O–H groups in total.